The monoisotopic (exact) mass is 358 g/mol. The number of nitrogens with one attached hydrogen (secondary N) is 1. The number of pyridine rings is 1. The van der Waals surface area contributed by atoms with Gasteiger partial charge < -0.3 is 15.2 Å². The zero-order chi connectivity index (χ0) is 17.6. The minimum Gasteiger partial charge on any atom is -0.396 e. The molecule has 3 aromatic heterocycles. The van der Waals surface area contributed by atoms with Gasteiger partial charge in [0.1, 0.15) is 17.0 Å². The van der Waals surface area contributed by atoms with Gasteiger partial charge in [0, 0.05) is 36.2 Å². The van der Waals surface area contributed by atoms with Gasteiger partial charge in [-0.05, 0) is 32.8 Å². The molecule has 0 aromatic carbocycles. The molecular weight excluding hydrogens is 336 g/mol. The number of aryl methyl sites for hydroxylation is 1. The summed E-state index contributed by atoms with van der Waals surface area (Å²) in [6.07, 6.45) is 3.15. The molecule has 132 valence electrons. The molecule has 0 atom stereocenters. The summed E-state index contributed by atoms with van der Waals surface area (Å²) in [6.45, 7) is 7.75. The van der Waals surface area contributed by atoms with Gasteiger partial charge in [0.15, 0.2) is 0 Å². The number of rotatable bonds is 4. The fraction of sp³-hybridized carbons (Fsp3) is 0.500. The lowest BCUT2D eigenvalue weighted by atomic mass is 9.89. The summed E-state index contributed by atoms with van der Waals surface area (Å²) in [5.41, 5.74) is 4.32. The Morgan fingerprint density at radius 3 is 2.96 bits per heavy atom. The first-order chi connectivity index (χ1) is 12.0. The fourth-order valence-electron chi connectivity index (χ4n) is 3.38. The van der Waals surface area contributed by atoms with E-state index in [1.54, 1.807) is 17.7 Å². The van der Waals surface area contributed by atoms with Gasteiger partial charge in [-0.3, -0.25) is 0 Å². The van der Waals surface area contributed by atoms with Crippen LogP contribution in [0.5, 0.6) is 0 Å². The van der Waals surface area contributed by atoms with Crippen LogP contribution in [0.15, 0.2) is 6.33 Å². The molecule has 0 radical (unpaired) electrons. The molecule has 0 saturated heterocycles. The first kappa shape index (κ1) is 16.6. The lowest BCUT2D eigenvalue weighted by Crippen LogP contribution is -2.32. The summed E-state index contributed by atoms with van der Waals surface area (Å²) in [6, 6.07) is 0. The van der Waals surface area contributed by atoms with Crippen LogP contribution in [-0.4, -0.2) is 38.8 Å². The molecule has 1 aliphatic rings. The molecule has 0 unspecified atom stereocenters. The smallest absolute Gasteiger partial charge is 0.147 e. The van der Waals surface area contributed by atoms with E-state index in [-0.39, 0.29) is 12.2 Å². The molecule has 3 aromatic rings. The molecule has 0 fully saturated rings. The number of hydrogen-bond donors (Lipinski definition) is 2. The molecule has 0 spiro atoms. The van der Waals surface area contributed by atoms with Gasteiger partial charge in [-0.1, -0.05) is 0 Å². The molecule has 6 nitrogen and oxygen atoms in total. The van der Waals surface area contributed by atoms with E-state index in [1.807, 2.05) is 0 Å². The van der Waals surface area contributed by atoms with Crippen LogP contribution in [0.3, 0.4) is 0 Å². The molecule has 7 heteroatoms. The van der Waals surface area contributed by atoms with Crippen LogP contribution in [0.1, 0.15) is 37.1 Å². The highest BCUT2D eigenvalue weighted by Gasteiger charge is 2.30. The number of aliphatic hydroxyl groups excluding tert-OH is 1. The van der Waals surface area contributed by atoms with Crippen LogP contribution in [-0.2, 0) is 17.8 Å². The van der Waals surface area contributed by atoms with Crippen LogP contribution >= 0.6 is 11.3 Å². The Morgan fingerprint density at radius 1 is 1.32 bits per heavy atom. The number of anilines is 1. The Hall–Kier alpha value is -1.83. The van der Waals surface area contributed by atoms with E-state index in [2.05, 4.69) is 36.1 Å². The summed E-state index contributed by atoms with van der Waals surface area (Å²) < 4.78 is 7.02. The number of fused-ring (bicyclic) bond motifs is 5. The maximum Gasteiger partial charge on any atom is 0.147 e. The van der Waals surface area contributed by atoms with Gasteiger partial charge in [-0.2, -0.15) is 0 Å². The quantitative estimate of drug-likeness (QED) is 0.697. The van der Waals surface area contributed by atoms with Crippen LogP contribution in [0, 0.1) is 6.92 Å². The van der Waals surface area contributed by atoms with Crippen molar-refractivity contribution in [1.29, 1.82) is 0 Å². The summed E-state index contributed by atoms with van der Waals surface area (Å²) in [5, 5.41) is 13.4. The van der Waals surface area contributed by atoms with E-state index >= 15 is 0 Å². The molecule has 4 rings (SSSR count). The van der Waals surface area contributed by atoms with E-state index in [0.717, 1.165) is 38.4 Å². The highest BCUT2D eigenvalue weighted by atomic mass is 32.1. The van der Waals surface area contributed by atoms with Crippen molar-refractivity contribution in [1.82, 2.24) is 15.0 Å². The average Bonchev–Trinajstić information content (AvgIpc) is 2.93. The van der Waals surface area contributed by atoms with Crippen molar-refractivity contribution in [3.8, 4) is 0 Å². The second kappa shape index (κ2) is 6.16. The molecule has 4 heterocycles. The van der Waals surface area contributed by atoms with Crippen molar-refractivity contribution >= 4 is 37.6 Å². The van der Waals surface area contributed by atoms with Crippen molar-refractivity contribution in [2.45, 2.75) is 45.8 Å². The largest absolute Gasteiger partial charge is 0.396 e. The second-order valence-corrected chi connectivity index (χ2v) is 8.06. The first-order valence-corrected chi connectivity index (χ1v) is 9.36. The van der Waals surface area contributed by atoms with E-state index in [9.17, 15) is 0 Å². The van der Waals surface area contributed by atoms with Gasteiger partial charge in [0.2, 0.25) is 0 Å². The molecule has 2 N–H and O–H groups in total. The van der Waals surface area contributed by atoms with E-state index < -0.39 is 0 Å². The van der Waals surface area contributed by atoms with Crippen molar-refractivity contribution in [3.05, 3.63) is 23.1 Å². The zero-order valence-electron chi connectivity index (χ0n) is 14.7. The molecule has 25 heavy (non-hydrogen) atoms. The molecule has 0 bridgehead atoms. The van der Waals surface area contributed by atoms with E-state index in [1.165, 1.54) is 11.1 Å². The van der Waals surface area contributed by atoms with E-state index in [0.29, 0.717) is 19.6 Å². The van der Waals surface area contributed by atoms with Gasteiger partial charge in [0.05, 0.1) is 22.4 Å². The predicted molar refractivity (Wildman–Crippen MR) is 100 cm³/mol. The lowest BCUT2D eigenvalue weighted by molar-refractivity contribution is -0.0400. The normalized spacial score (nSPS) is 16.3. The summed E-state index contributed by atoms with van der Waals surface area (Å²) >= 11 is 1.63. The summed E-state index contributed by atoms with van der Waals surface area (Å²) in [5.74, 6) is 0.819. The third-order valence-corrected chi connectivity index (χ3v) is 5.74. The summed E-state index contributed by atoms with van der Waals surface area (Å²) in [7, 11) is 0. The maximum absolute atomic E-state index is 8.99. The third-order valence-electron chi connectivity index (χ3n) is 4.66. The highest BCUT2D eigenvalue weighted by Crippen LogP contribution is 2.41. The number of thiophene rings is 1. The molecule has 0 saturated carbocycles. The molecular formula is C18H22N4O2S. The highest BCUT2D eigenvalue weighted by molar-refractivity contribution is 7.26. The average molecular weight is 358 g/mol. The number of ether oxygens (including phenoxy) is 1. The fourth-order valence-corrected chi connectivity index (χ4v) is 4.55. The second-order valence-electron chi connectivity index (χ2n) is 7.07. The van der Waals surface area contributed by atoms with Gasteiger partial charge in [-0.15, -0.1) is 11.3 Å². The van der Waals surface area contributed by atoms with Crippen molar-refractivity contribution in [2.75, 3.05) is 18.5 Å². The van der Waals surface area contributed by atoms with E-state index in [4.69, 9.17) is 14.8 Å². The van der Waals surface area contributed by atoms with Crippen molar-refractivity contribution < 1.29 is 9.84 Å². The molecule has 0 amide bonds. The number of nitrogens with zero attached hydrogens (tertiary/aromatic N) is 3. The van der Waals surface area contributed by atoms with Crippen molar-refractivity contribution in [3.63, 3.8) is 0 Å². The van der Waals surface area contributed by atoms with Gasteiger partial charge in [-0.25, -0.2) is 15.0 Å². The third kappa shape index (κ3) is 2.86. The topological polar surface area (TPSA) is 80.2 Å². The minimum absolute atomic E-state index is 0.164. The Balaban J connectivity index is 1.93. The van der Waals surface area contributed by atoms with Crippen molar-refractivity contribution in [2.24, 2.45) is 0 Å². The predicted octanol–water partition coefficient (Wildman–Crippen LogP) is 3.19. The SMILES string of the molecule is Cc1nc2sc3c(NCCCO)ncnc3c2c2c1COC(C)(C)C2. The van der Waals surface area contributed by atoms with Crippen LogP contribution in [0.4, 0.5) is 5.82 Å². The Kier molecular flexibility index (Phi) is 4.10. The van der Waals surface area contributed by atoms with Crippen LogP contribution < -0.4 is 5.32 Å². The Morgan fingerprint density at radius 2 is 2.16 bits per heavy atom. The maximum atomic E-state index is 8.99. The standard InChI is InChI=1S/C18H22N4O2S/c1-10-12-8-24-18(2,3)7-11(12)13-14-15(25-17(13)22-10)16(21-9-20-14)19-5-4-6-23/h9,23H,4-8H2,1-3H3,(H,19,20,21). The van der Waals surface area contributed by atoms with Gasteiger partial charge >= 0.3 is 0 Å². The van der Waals surface area contributed by atoms with Crippen LogP contribution in [0.25, 0.3) is 20.4 Å². The number of hydrogen-bond acceptors (Lipinski definition) is 7. The zero-order valence-corrected chi connectivity index (χ0v) is 15.5. The molecule has 0 aliphatic carbocycles. The van der Waals surface area contributed by atoms with Gasteiger partial charge in [0.25, 0.3) is 0 Å². The lowest BCUT2D eigenvalue weighted by Gasteiger charge is -2.32. The Labute approximate surface area is 150 Å². The van der Waals surface area contributed by atoms with Crippen LogP contribution in [0.2, 0.25) is 0 Å². The Bertz CT molecular complexity index is 951. The first-order valence-electron chi connectivity index (χ1n) is 8.54. The molecule has 1 aliphatic heterocycles. The number of aromatic nitrogens is 3. The number of aliphatic hydroxyl groups is 1. The minimum atomic E-state index is -0.183. The summed E-state index contributed by atoms with van der Waals surface area (Å²) in [4.78, 5) is 14.8.